The van der Waals surface area contributed by atoms with Crippen molar-refractivity contribution in [3.63, 3.8) is 0 Å². The Labute approximate surface area is 190 Å². The predicted octanol–water partition coefficient (Wildman–Crippen LogP) is 3.24. The molecule has 0 radical (unpaired) electrons. The number of benzene rings is 1. The highest BCUT2D eigenvalue weighted by Crippen LogP contribution is 2.55. The minimum absolute atomic E-state index is 0.0304. The third kappa shape index (κ3) is 5.14. The zero-order chi connectivity index (χ0) is 22.6. The molecule has 3 fully saturated rings. The Balaban J connectivity index is 1.42. The minimum Gasteiger partial charge on any atom is -0.378 e. The van der Waals surface area contributed by atoms with Gasteiger partial charge in [-0.1, -0.05) is 19.8 Å². The van der Waals surface area contributed by atoms with Gasteiger partial charge in [0, 0.05) is 43.3 Å². The Morgan fingerprint density at radius 2 is 1.94 bits per heavy atom. The van der Waals surface area contributed by atoms with E-state index in [1.807, 2.05) is 24.3 Å². The molecule has 1 saturated carbocycles. The van der Waals surface area contributed by atoms with Crippen molar-refractivity contribution < 1.29 is 19.1 Å². The number of rotatable bonds is 9. The first-order valence-electron chi connectivity index (χ1n) is 12.0. The Morgan fingerprint density at radius 1 is 1.22 bits per heavy atom. The van der Waals surface area contributed by atoms with E-state index in [1.54, 1.807) is 4.90 Å². The molecule has 0 unspecified atom stereocenters. The number of hydrogen-bond acceptors (Lipinski definition) is 5. The van der Waals surface area contributed by atoms with Gasteiger partial charge in [-0.3, -0.25) is 9.59 Å². The van der Waals surface area contributed by atoms with E-state index >= 15 is 0 Å². The number of hydrogen-bond donors (Lipinski definition) is 1. The molecule has 2 atom stereocenters. The van der Waals surface area contributed by atoms with Crippen molar-refractivity contribution in [1.82, 2.24) is 4.90 Å². The second kappa shape index (κ2) is 10.0. The number of morpholine rings is 1. The Morgan fingerprint density at radius 3 is 2.56 bits per heavy atom. The van der Waals surface area contributed by atoms with Crippen molar-refractivity contribution >= 4 is 29.5 Å². The van der Waals surface area contributed by atoms with Gasteiger partial charge < -0.3 is 24.6 Å². The first kappa shape index (κ1) is 22.8. The molecule has 7 nitrogen and oxygen atoms in total. The molecule has 0 aromatic heterocycles. The lowest BCUT2D eigenvalue weighted by molar-refractivity contribution is -0.141. The molecule has 0 bridgehead atoms. The number of nitrogens with one attached hydrogen (secondary N) is 1. The number of ether oxygens (including phenoxy) is 1. The highest BCUT2D eigenvalue weighted by atomic mass is 16.5. The third-order valence-electron chi connectivity index (χ3n) is 7.20. The Hall–Kier alpha value is -2.41. The van der Waals surface area contributed by atoms with E-state index in [2.05, 4.69) is 17.1 Å². The fourth-order valence-electron chi connectivity index (χ4n) is 5.01. The molecule has 3 aliphatic rings. The van der Waals surface area contributed by atoms with Crippen LogP contribution in [-0.4, -0.2) is 61.9 Å². The average molecular weight is 442 g/mol. The van der Waals surface area contributed by atoms with Crippen LogP contribution in [0.15, 0.2) is 24.3 Å². The average Bonchev–Trinajstić information content (AvgIpc) is 3.47. The molecule has 1 aliphatic carbocycles. The number of carbonyl (C=O) groups is 3. The maximum atomic E-state index is 13.3. The van der Waals surface area contributed by atoms with Gasteiger partial charge in [-0.05, 0) is 55.4 Å². The quantitative estimate of drug-likeness (QED) is 0.595. The van der Waals surface area contributed by atoms with Crippen molar-refractivity contribution in [3.05, 3.63) is 24.3 Å². The fraction of sp³-hybridized carbons (Fsp3) is 0.640. The molecule has 7 heteroatoms. The van der Waals surface area contributed by atoms with Gasteiger partial charge in [0.25, 0.3) is 0 Å². The molecular weight excluding hydrogens is 406 g/mol. The van der Waals surface area contributed by atoms with Crippen molar-refractivity contribution in [3.8, 4) is 0 Å². The minimum atomic E-state index is -0.459. The third-order valence-corrected chi connectivity index (χ3v) is 7.20. The number of nitrogens with zero attached hydrogens (tertiary/aromatic N) is 2. The van der Waals surface area contributed by atoms with E-state index in [0.29, 0.717) is 13.0 Å². The van der Waals surface area contributed by atoms with Crippen LogP contribution >= 0.6 is 0 Å². The number of anilines is 2. The molecule has 2 aliphatic heterocycles. The summed E-state index contributed by atoms with van der Waals surface area (Å²) in [6.45, 7) is 5.92. The molecule has 2 amide bonds. The summed E-state index contributed by atoms with van der Waals surface area (Å²) in [6.07, 6.45) is 6.54. The number of unbranched alkanes of at least 4 members (excludes halogenated alkanes) is 1. The molecule has 1 spiro atoms. The number of carbonyl (C=O) groups excluding carboxylic acids is 3. The van der Waals surface area contributed by atoms with Crippen LogP contribution in [0.4, 0.5) is 11.4 Å². The van der Waals surface area contributed by atoms with Gasteiger partial charge in [-0.25, -0.2) is 0 Å². The van der Waals surface area contributed by atoms with Gasteiger partial charge >= 0.3 is 0 Å². The van der Waals surface area contributed by atoms with Gasteiger partial charge in [0.15, 0.2) is 0 Å². The lowest BCUT2D eigenvalue weighted by atomic mass is 9.97. The number of aldehydes is 1. The molecule has 4 rings (SSSR count). The van der Waals surface area contributed by atoms with Crippen LogP contribution in [-0.2, 0) is 19.1 Å². The van der Waals surface area contributed by atoms with Crippen LogP contribution in [0.1, 0.15) is 51.9 Å². The summed E-state index contributed by atoms with van der Waals surface area (Å²) in [7, 11) is 0. The summed E-state index contributed by atoms with van der Waals surface area (Å²) < 4.78 is 5.41. The second-order valence-corrected chi connectivity index (χ2v) is 9.56. The summed E-state index contributed by atoms with van der Waals surface area (Å²) in [5.74, 6) is -0.469. The predicted molar refractivity (Wildman–Crippen MR) is 124 cm³/mol. The standard InChI is InChI=1S/C25H35N3O4/c1-2-3-4-19(9-14-29)24(31)28-18-25(10-11-25)17-22(28)23(30)26-20-5-7-21(8-6-20)27-12-15-32-16-13-27/h5-8,14,19,22H,2-4,9-13,15-18H2,1H3,(H,26,30)/t19-,22+/m1/s1. The maximum absolute atomic E-state index is 13.3. The zero-order valence-electron chi connectivity index (χ0n) is 19.1. The van der Waals surface area contributed by atoms with Crippen LogP contribution in [0.3, 0.4) is 0 Å². The van der Waals surface area contributed by atoms with Gasteiger partial charge in [-0.15, -0.1) is 0 Å². The molecule has 1 N–H and O–H groups in total. The van der Waals surface area contributed by atoms with Gasteiger partial charge in [0.1, 0.15) is 12.3 Å². The van der Waals surface area contributed by atoms with Gasteiger partial charge in [0.2, 0.25) is 11.8 Å². The summed E-state index contributed by atoms with van der Waals surface area (Å²) in [6, 6.07) is 7.43. The molecule has 1 aromatic carbocycles. The lowest BCUT2D eigenvalue weighted by Crippen LogP contribution is -2.45. The fourth-order valence-corrected chi connectivity index (χ4v) is 5.01. The molecule has 2 saturated heterocycles. The van der Waals surface area contributed by atoms with Crippen molar-refractivity contribution in [2.75, 3.05) is 43.1 Å². The van der Waals surface area contributed by atoms with E-state index in [9.17, 15) is 14.4 Å². The van der Waals surface area contributed by atoms with Crippen LogP contribution in [0.25, 0.3) is 0 Å². The smallest absolute Gasteiger partial charge is 0.247 e. The van der Waals surface area contributed by atoms with E-state index in [4.69, 9.17) is 4.74 Å². The van der Waals surface area contributed by atoms with E-state index in [1.165, 1.54) is 0 Å². The van der Waals surface area contributed by atoms with Crippen LogP contribution in [0, 0.1) is 11.3 Å². The summed E-state index contributed by atoms with van der Waals surface area (Å²) in [4.78, 5) is 41.8. The van der Waals surface area contributed by atoms with Crippen molar-refractivity contribution in [1.29, 1.82) is 0 Å². The Bertz CT molecular complexity index is 815. The summed E-state index contributed by atoms with van der Waals surface area (Å²) in [5, 5.41) is 3.03. The van der Waals surface area contributed by atoms with Crippen LogP contribution in [0.2, 0.25) is 0 Å². The van der Waals surface area contributed by atoms with Crippen LogP contribution in [0.5, 0.6) is 0 Å². The van der Waals surface area contributed by atoms with Crippen molar-refractivity contribution in [2.45, 2.75) is 57.9 Å². The Kier molecular flexibility index (Phi) is 7.13. The molecule has 1 aromatic rings. The molecule has 2 heterocycles. The molecule has 32 heavy (non-hydrogen) atoms. The van der Waals surface area contributed by atoms with Crippen LogP contribution < -0.4 is 10.2 Å². The largest absolute Gasteiger partial charge is 0.378 e. The lowest BCUT2D eigenvalue weighted by Gasteiger charge is -2.29. The number of likely N-dealkylation sites (tertiary alicyclic amines) is 1. The first-order chi connectivity index (χ1) is 15.5. The van der Waals surface area contributed by atoms with E-state index in [-0.39, 0.29) is 29.6 Å². The number of amides is 2. The SMILES string of the molecule is CCCC[C@H](CC=O)C(=O)N1CC2(CC2)C[C@H]1C(=O)Nc1ccc(N2CCOCC2)cc1. The summed E-state index contributed by atoms with van der Waals surface area (Å²) >= 11 is 0. The maximum Gasteiger partial charge on any atom is 0.247 e. The molecule has 174 valence electrons. The topological polar surface area (TPSA) is 79.0 Å². The monoisotopic (exact) mass is 441 g/mol. The van der Waals surface area contributed by atoms with Gasteiger partial charge in [-0.2, -0.15) is 0 Å². The molecular formula is C25H35N3O4. The zero-order valence-corrected chi connectivity index (χ0v) is 19.1. The first-order valence-corrected chi connectivity index (χ1v) is 12.0. The highest BCUT2D eigenvalue weighted by molar-refractivity contribution is 5.98. The van der Waals surface area contributed by atoms with E-state index < -0.39 is 6.04 Å². The van der Waals surface area contributed by atoms with E-state index in [0.717, 1.165) is 76.1 Å². The van der Waals surface area contributed by atoms with Crippen molar-refractivity contribution in [2.24, 2.45) is 11.3 Å². The highest BCUT2D eigenvalue weighted by Gasteiger charge is 2.55. The summed E-state index contributed by atoms with van der Waals surface area (Å²) in [5.41, 5.74) is 1.97. The second-order valence-electron chi connectivity index (χ2n) is 9.56. The van der Waals surface area contributed by atoms with Gasteiger partial charge in [0.05, 0.1) is 13.2 Å². The normalized spacial score (nSPS) is 22.6.